The van der Waals surface area contributed by atoms with E-state index in [0.717, 1.165) is 22.7 Å². The molecule has 5 heteroatoms. The van der Waals surface area contributed by atoms with Gasteiger partial charge in [0.1, 0.15) is 0 Å². The molecule has 0 amide bonds. The van der Waals surface area contributed by atoms with E-state index in [2.05, 4.69) is 34.2 Å². The molecule has 0 radical (unpaired) electrons. The second-order valence-electron chi connectivity index (χ2n) is 4.69. The smallest absolute Gasteiger partial charge is 0.229 e. The number of fused-ring (bicyclic) bond motifs is 1. The van der Waals surface area contributed by atoms with Crippen molar-refractivity contribution in [1.82, 2.24) is 25.1 Å². The molecular weight excluding hydrogens is 238 g/mol. The lowest BCUT2D eigenvalue weighted by Crippen LogP contribution is -2.13. The number of rotatable bonds is 3. The fraction of sp³-hybridized carbons (Fsp3) is 0.286. The zero-order valence-corrected chi connectivity index (χ0v) is 11.3. The summed E-state index contributed by atoms with van der Waals surface area (Å²) >= 11 is 0. The second-order valence-corrected chi connectivity index (χ2v) is 4.69. The lowest BCUT2D eigenvalue weighted by molar-refractivity contribution is 0.646. The van der Waals surface area contributed by atoms with Crippen LogP contribution < -0.4 is 5.32 Å². The molecule has 0 saturated heterocycles. The molecule has 3 aromatic rings. The maximum Gasteiger partial charge on any atom is 0.229 e. The van der Waals surface area contributed by atoms with Crippen molar-refractivity contribution in [3.8, 4) is 5.95 Å². The number of hydrogen-bond acceptors (Lipinski definition) is 3. The summed E-state index contributed by atoms with van der Waals surface area (Å²) in [4.78, 5) is 7.86. The van der Waals surface area contributed by atoms with Crippen LogP contribution in [-0.4, -0.2) is 26.8 Å². The van der Waals surface area contributed by atoms with E-state index in [4.69, 9.17) is 0 Å². The maximum absolute atomic E-state index is 4.57. The Labute approximate surface area is 111 Å². The molecule has 0 bridgehead atoms. The summed E-state index contributed by atoms with van der Waals surface area (Å²) in [5.74, 6) is 0.758. The predicted octanol–water partition coefficient (Wildman–Crippen LogP) is 2.34. The summed E-state index contributed by atoms with van der Waals surface area (Å²) < 4.78 is 1.85. The van der Waals surface area contributed by atoms with Crippen LogP contribution >= 0.6 is 0 Å². The molecule has 98 valence electrons. The molecule has 0 spiro atoms. The van der Waals surface area contributed by atoms with Crippen LogP contribution in [0.25, 0.3) is 17.0 Å². The first-order valence-corrected chi connectivity index (χ1v) is 6.37. The van der Waals surface area contributed by atoms with Gasteiger partial charge in [-0.2, -0.15) is 5.10 Å². The molecule has 19 heavy (non-hydrogen) atoms. The van der Waals surface area contributed by atoms with Gasteiger partial charge in [-0.3, -0.25) is 0 Å². The van der Waals surface area contributed by atoms with Crippen LogP contribution in [-0.2, 0) is 0 Å². The molecule has 1 atom stereocenters. The van der Waals surface area contributed by atoms with Gasteiger partial charge in [0.05, 0.1) is 17.2 Å². The third-order valence-corrected chi connectivity index (χ3v) is 3.52. The Morgan fingerprint density at radius 3 is 2.84 bits per heavy atom. The quantitative estimate of drug-likeness (QED) is 0.755. The van der Waals surface area contributed by atoms with E-state index in [-0.39, 0.29) is 6.04 Å². The van der Waals surface area contributed by atoms with Crippen LogP contribution in [0.4, 0.5) is 0 Å². The number of aromatic nitrogens is 4. The minimum atomic E-state index is 0.276. The van der Waals surface area contributed by atoms with Crippen LogP contribution in [0, 0.1) is 6.92 Å². The number of hydrogen-bond donors (Lipinski definition) is 2. The average Bonchev–Trinajstić information content (AvgIpc) is 3.00. The van der Waals surface area contributed by atoms with Gasteiger partial charge in [-0.1, -0.05) is 12.1 Å². The van der Waals surface area contributed by atoms with Crippen LogP contribution in [0.5, 0.6) is 0 Å². The lowest BCUT2D eigenvalue weighted by Gasteiger charge is -2.09. The van der Waals surface area contributed by atoms with Crippen molar-refractivity contribution in [2.75, 3.05) is 7.05 Å². The molecular formula is C14H17N5. The van der Waals surface area contributed by atoms with E-state index in [1.165, 1.54) is 5.56 Å². The van der Waals surface area contributed by atoms with Gasteiger partial charge in [-0.05, 0) is 33.0 Å². The zero-order valence-electron chi connectivity index (χ0n) is 11.3. The van der Waals surface area contributed by atoms with Crippen molar-refractivity contribution >= 4 is 11.0 Å². The second kappa shape index (κ2) is 4.51. The molecule has 1 unspecified atom stereocenters. The first-order chi connectivity index (χ1) is 9.20. The number of benzene rings is 1. The molecule has 1 aromatic carbocycles. The monoisotopic (exact) mass is 255 g/mol. The Balaban J connectivity index is 2.09. The molecule has 5 nitrogen and oxygen atoms in total. The molecule has 0 aliphatic heterocycles. The Kier molecular flexibility index (Phi) is 2.83. The van der Waals surface area contributed by atoms with Crippen LogP contribution in [0.3, 0.4) is 0 Å². The van der Waals surface area contributed by atoms with Gasteiger partial charge in [0.25, 0.3) is 0 Å². The minimum absolute atomic E-state index is 0.276. The van der Waals surface area contributed by atoms with Crippen molar-refractivity contribution in [1.29, 1.82) is 0 Å². The van der Waals surface area contributed by atoms with E-state index < -0.39 is 0 Å². The first kappa shape index (κ1) is 11.9. The Morgan fingerprint density at radius 2 is 2.11 bits per heavy atom. The molecule has 0 aliphatic rings. The fourth-order valence-electron chi connectivity index (χ4n) is 2.26. The number of aromatic amines is 1. The summed E-state index contributed by atoms with van der Waals surface area (Å²) in [6.07, 6.45) is 1.89. The van der Waals surface area contributed by atoms with Crippen LogP contribution in [0.1, 0.15) is 24.2 Å². The topological polar surface area (TPSA) is 58.5 Å². The van der Waals surface area contributed by atoms with Crippen molar-refractivity contribution < 1.29 is 0 Å². The molecule has 3 rings (SSSR count). The van der Waals surface area contributed by atoms with Crippen molar-refractivity contribution in [3.05, 3.63) is 41.7 Å². The molecule has 0 fully saturated rings. The van der Waals surface area contributed by atoms with E-state index in [1.807, 2.05) is 42.2 Å². The first-order valence-electron chi connectivity index (χ1n) is 6.37. The average molecular weight is 255 g/mol. The van der Waals surface area contributed by atoms with Crippen molar-refractivity contribution in [2.45, 2.75) is 19.9 Å². The highest BCUT2D eigenvalue weighted by atomic mass is 15.4. The van der Waals surface area contributed by atoms with Crippen molar-refractivity contribution in [2.24, 2.45) is 0 Å². The standard InChI is InChI=1S/C14H17N5/c1-9(15-3)11-8-16-19(10(11)2)14-17-12-6-4-5-7-13(12)18-14/h4-9,15H,1-3H3,(H,17,18). The van der Waals surface area contributed by atoms with Gasteiger partial charge < -0.3 is 10.3 Å². The summed E-state index contributed by atoms with van der Waals surface area (Å²) in [6, 6.07) is 8.26. The van der Waals surface area contributed by atoms with Gasteiger partial charge in [0.15, 0.2) is 0 Å². The van der Waals surface area contributed by atoms with Crippen LogP contribution in [0.2, 0.25) is 0 Å². The number of imidazole rings is 1. The van der Waals surface area contributed by atoms with Gasteiger partial charge in [0, 0.05) is 17.3 Å². The Bertz CT molecular complexity index is 677. The maximum atomic E-state index is 4.57. The lowest BCUT2D eigenvalue weighted by atomic mass is 10.1. The van der Waals surface area contributed by atoms with E-state index in [0.29, 0.717) is 0 Å². The Morgan fingerprint density at radius 1 is 1.32 bits per heavy atom. The third-order valence-electron chi connectivity index (χ3n) is 3.52. The molecule has 2 aromatic heterocycles. The normalized spacial score (nSPS) is 13.0. The number of nitrogens with zero attached hydrogens (tertiary/aromatic N) is 3. The van der Waals surface area contributed by atoms with Gasteiger partial charge in [-0.15, -0.1) is 0 Å². The molecule has 2 heterocycles. The fourth-order valence-corrected chi connectivity index (χ4v) is 2.26. The highest BCUT2D eigenvalue weighted by Gasteiger charge is 2.14. The third kappa shape index (κ3) is 1.92. The predicted molar refractivity (Wildman–Crippen MR) is 75.4 cm³/mol. The summed E-state index contributed by atoms with van der Waals surface area (Å²) in [7, 11) is 1.95. The number of H-pyrrole nitrogens is 1. The molecule has 0 aliphatic carbocycles. The minimum Gasteiger partial charge on any atom is -0.322 e. The largest absolute Gasteiger partial charge is 0.322 e. The molecule has 2 N–H and O–H groups in total. The summed E-state index contributed by atoms with van der Waals surface area (Å²) in [5.41, 5.74) is 4.26. The number of nitrogens with one attached hydrogen (secondary N) is 2. The highest BCUT2D eigenvalue weighted by Crippen LogP contribution is 2.20. The SMILES string of the molecule is CNC(C)c1cnn(-c2nc3ccccc3[nH]2)c1C. The van der Waals surface area contributed by atoms with E-state index in [9.17, 15) is 0 Å². The Hall–Kier alpha value is -2.14. The molecule has 0 saturated carbocycles. The summed E-state index contributed by atoms with van der Waals surface area (Å²) in [6.45, 7) is 4.18. The van der Waals surface area contributed by atoms with Gasteiger partial charge >= 0.3 is 0 Å². The van der Waals surface area contributed by atoms with E-state index in [1.54, 1.807) is 0 Å². The highest BCUT2D eigenvalue weighted by molar-refractivity contribution is 5.75. The van der Waals surface area contributed by atoms with Gasteiger partial charge in [0.2, 0.25) is 5.95 Å². The van der Waals surface area contributed by atoms with Crippen LogP contribution in [0.15, 0.2) is 30.5 Å². The zero-order chi connectivity index (χ0) is 13.4. The van der Waals surface area contributed by atoms with E-state index >= 15 is 0 Å². The van der Waals surface area contributed by atoms with Gasteiger partial charge in [-0.25, -0.2) is 9.67 Å². The number of para-hydroxylation sites is 2. The summed E-state index contributed by atoms with van der Waals surface area (Å²) in [5, 5.41) is 7.66. The van der Waals surface area contributed by atoms with Crippen molar-refractivity contribution in [3.63, 3.8) is 0 Å².